The molecule has 0 radical (unpaired) electrons. The molecule has 142 valence electrons. The number of H-pyrrole nitrogens is 1. The molecule has 0 atom stereocenters. The van der Waals surface area contributed by atoms with Crippen LogP contribution in [0.15, 0.2) is 59.1 Å². The Labute approximate surface area is 163 Å². The van der Waals surface area contributed by atoms with Gasteiger partial charge in [-0.05, 0) is 43.6 Å². The largest absolute Gasteiger partial charge is 0.342 e. The van der Waals surface area contributed by atoms with Gasteiger partial charge in [-0.2, -0.15) is 4.98 Å². The summed E-state index contributed by atoms with van der Waals surface area (Å²) in [6, 6.07) is 18.5. The van der Waals surface area contributed by atoms with E-state index in [0.717, 1.165) is 48.6 Å². The summed E-state index contributed by atoms with van der Waals surface area (Å²) in [5.74, 6) is 3.05. The Bertz CT molecular complexity index is 1010. The Balaban J connectivity index is 1.17. The maximum Gasteiger partial charge on any atom is 0.240 e. The lowest BCUT2D eigenvalue weighted by atomic mass is 9.96. The highest BCUT2D eigenvalue weighted by atomic mass is 16.5. The molecule has 3 heterocycles. The monoisotopic (exact) mass is 373 g/mol. The second kappa shape index (κ2) is 7.56. The van der Waals surface area contributed by atoms with E-state index < -0.39 is 0 Å². The van der Waals surface area contributed by atoms with E-state index in [2.05, 4.69) is 44.3 Å². The highest BCUT2D eigenvalue weighted by molar-refractivity contribution is 5.74. The van der Waals surface area contributed by atoms with E-state index in [1.807, 2.05) is 30.3 Å². The molecule has 0 amide bonds. The molecule has 2 aromatic carbocycles. The van der Waals surface area contributed by atoms with Crippen molar-refractivity contribution in [3.8, 4) is 0 Å². The number of aromatic nitrogens is 4. The van der Waals surface area contributed by atoms with Gasteiger partial charge in [-0.15, -0.1) is 0 Å². The van der Waals surface area contributed by atoms with Gasteiger partial charge in [0.2, 0.25) is 5.89 Å². The first kappa shape index (κ1) is 17.1. The van der Waals surface area contributed by atoms with E-state index in [9.17, 15) is 0 Å². The number of piperidine rings is 1. The lowest BCUT2D eigenvalue weighted by Gasteiger charge is -2.29. The van der Waals surface area contributed by atoms with E-state index >= 15 is 0 Å². The summed E-state index contributed by atoms with van der Waals surface area (Å²) in [5.41, 5.74) is 3.37. The van der Waals surface area contributed by atoms with Crippen molar-refractivity contribution in [3.63, 3.8) is 0 Å². The first-order valence-corrected chi connectivity index (χ1v) is 9.86. The minimum absolute atomic E-state index is 0.486. The Morgan fingerprint density at radius 2 is 1.75 bits per heavy atom. The zero-order valence-corrected chi connectivity index (χ0v) is 15.7. The molecule has 28 heavy (non-hydrogen) atoms. The molecule has 1 saturated heterocycles. The predicted molar refractivity (Wildman–Crippen MR) is 107 cm³/mol. The fraction of sp³-hybridized carbons (Fsp3) is 0.318. The second-order valence-corrected chi connectivity index (χ2v) is 7.46. The van der Waals surface area contributed by atoms with Gasteiger partial charge in [0.1, 0.15) is 5.82 Å². The number of fused-ring (bicyclic) bond motifs is 1. The van der Waals surface area contributed by atoms with Crippen LogP contribution in [0.5, 0.6) is 0 Å². The maximum absolute atomic E-state index is 5.47. The number of hydrogen-bond acceptors (Lipinski definition) is 5. The molecule has 1 N–H and O–H groups in total. The maximum atomic E-state index is 5.47. The average Bonchev–Trinajstić information content (AvgIpc) is 3.36. The van der Waals surface area contributed by atoms with E-state index in [0.29, 0.717) is 24.8 Å². The Kier molecular flexibility index (Phi) is 4.62. The Morgan fingerprint density at radius 1 is 0.964 bits per heavy atom. The lowest BCUT2D eigenvalue weighted by molar-refractivity contribution is 0.179. The molecule has 4 aromatic rings. The normalized spacial score (nSPS) is 16.0. The van der Waals surface area contributed by atoms with E-state index in [1.165, 1.54) is 5.56 Å². The van der Waals surface area contributed by atoms with E-state index in [4.69, 9.17) is 9.51 Å². The smallest absolute Gasteiger partial charge is 0.240 e. The van der Waals surface area contributed by atoms with Gasteiger partial charge in [0.25, 0.3) is 0 Å². The van der Waals surface area contributed by atoms with Crippen molar-refractivity contribution in [2.24, 2.45) is 0 Å². The third-order valence-corrected chi connectivity index (χ3v) is 5.46. The van der Waals surface area contributed by atoms with Crippen LogP contribution in [0.3, 0.4) is 0 Å². The van der Waals surface area contributed by atoms with Crippen molar-refractivity contribution < 1.29 is 4.52 Å². The molecule has 0 saturated carbocycles. The summed E-state index contributed by atoms with van der Waals surface area (Å²) in [6.07, 6.45) is 2.88. The van der Waals surface area contributed by atoms with Crippen molar-refractivity contribution >= 4 is 11.0 Å². The topological polar surface area (TPSA) is 70.8 Å². The number of rotatable bonds is 5. The number of imidazole rings is 1. The van der Waals surface area contributed by atoms with Gasteiger partial charge < -0.3 is 9.51 Å². The number of hydrogen-bond donors (Lipinski definition) is 1. The highest BCUT2D eigenvalue weighted by Crippen LogP contribution is 2.28. The van der Waals surface area contributed by atoms with Crippen LogP contribution >= 0.6 is 0 Å². The Hall–Kier alpha value is -2.99. The molecule has 2 aromatic heterocycles. The van der Waals surface area contributed by atoms with Crippen LogP contribution in [0.4, 0.5) is 0 Å². The van der Waals surface area contributed by atoms with Gasteiger partial charge in [0.15, 0.2) is 5.82 Å². The van der Waals surface area contributed by atoms with Crippen LogP contribution in [-0.2, 0) is 13.0 Å². The van der Waals surface area contributed by atoms with Gasteiger partial charge in [0.05, 0.1) is 17.6 Å². The fourth-order valence-electron chi connectivity index (χ4n) is 3.93. The molecule has 5 rings (SSSR count). The van der Waals surface area contributed by atoms with Crippen molar-refractivity contribution in [3.05, 3.63) is 77.7 Å². The molecule has 1 fully saturated rings. The van der Waals surface area contributed by atoms with Crippen LogP contribution < -0.4 is 0 Å². The number of aromatic amines is 1. The summed E-state index contributed by atoms with van der Waals surface area (Å²) >= 11 is 0. The minimum Gasteiger partial charge on any atom is -0.342 e. The minimum atomic E-state index is 0.486. The van der Waals surface area contributed by atoms with Gasteiger partial charge in [-0.3, -0.25) is 4.90 Å². The zero-order chi connectivity index (χ0) is 18.8. The number of nitrogens with one attached hydrogen (secondary N) is 1. The van der Waals surface area contributed by atoms with Crippen LogP contribution in [0.2, 0.25) is 0 Å². The molecular weight excluding hydrogens is 350 g/mol. The first-order valence-electron chi connectivity index (χ1n) is 9.86. The molecule has 0 aliphatic carbocycles. The van der Waals surface area contributed by atoms with Gasteiger partial charge in [0, 0.05) is 12.3 Å². The molecule has 1 aliphatic heterocycles. The van der Waals surface area contributed by atoms with Gasteiger partial charge in [-0.1, -0.05) is 47.6 Å². The van der Waals surface area contributed by atoms with Crippen molar-refractivity contribution in [2.75, 3.05) is 13.1 Å². The summed E-state index contributed by atoms with van der Waals surface area (Å²) < 4.78 is 5.47. The molecular formula is C22H23N5O. The summed E-state index contributed by atoms with van der Waals surface area (Å²) in [7, 11) is 0. The quantitative estimate of drug-likeness (QED) is 0.574. The van der Waals surface area contributed by atoms with Crippen molar-refractivity contribution in [1.29, 1.82) is 0 Å². The third-order valence-electron chi connectivity index (χ3n) is 5.46. The van der Waals surface area contributed by atoms with Crippen LogP contribution in [0.1, 0.15) is 41.9 Å². The zero-order valence-electron chi connectivity index (χ0n) is 15.7. The summed E-state index contributed by atoms with van der Waals surface area (Å²) in [5, 5.41) is 4.14. The number of likely N-dealkylation sites (tertiary alicyclic amines) is 1. The summed E-state index contributed by atoms with van der Waals surface area (Å²) in [4.78, 5) is 15.2. The second-order valence-electron chi connectivity index (χ2n) is 7.46. The van der Waals surface area contributed by atoms with E-state index in [1.54, 1.807) is 0 Å². The SMILES string of the molecule is c1ccc(Cc2noc(CN3CCC(c4nc5ccccc5[nH]4)CC3)n2)cc1. The predicted octanol–water partition coefficient (Wildman–Crippen LogP) is 3.92. The number of benzene rings is 2. The van der Waals surface area contributed by atoms with Crippen molar-refractivity contribution in [2.45, 2.75) is 31.7 Å². The van der Waals surface area contributed by atoms with E-state index in [-0.39, 0.29) is 0 Å². The van der Waals surface area contributed by atoms with Crippen molar-refractivity contribution in [1.82, 2.24) is 25.0 Å². The molecule has 6 heteroatoms. The lowest BCUT2D eigenvalue weighted by Crippen LogP contribution is -2.32. The number of para-hydroxylation sites is 2. The van der Waals surface area contributed by atoms with Crippen LogP contribution in [0.25, 0.3) is 11.0 Å². The van der Waals surface area contributed by atoms with Crippen LogP contribution in [-0.4, -0.2) is 38.1 Å². The summed E-state index contributed by atoms with van der Waals surface area (Å²) in [6.45, 7) is 2.74. The van der Waals surface area contributed by atoms with Crippen LogP contribution in [0, 0.1) is 0 Å². The molecule has 0 bridgehead atoms. The third kappa shape index (κ3) is 3.68. The molecule has 6 nitrogen and oxygen atoms in total. The van der Waals surface area contributed by atoms with Gasteiger partial charge >= 0.3 is 0 Å². The highest BCUT2D eigenvalue weighted by Gasteiger charge is 2.24. The Morgan fingerprint density at radius 3 is 2.57 bits per heavy atom. The number of nitrogens with zero attached hydrogens (tertiary/aromatic N) is 4. The molecule has 0 unspecified atom stereocenters. The first-order chi connectivity index (χ1) is 13.8. The standard InChI is InChI=1S/C22H23N5O/c1-2-6-16(7-3-1)14-20-25-21(28-26-20)15-27-12-10-17(11-13-27)22-23-18-8-4-5-9-19(18)24-22/h1-9,17H,10-15H2,(H,23,24). The fourth-order valence-corrected chi connectivity index (χ4v) is 3.93. The average molecular weight is 373 g/mol. The molecule has 0 spiro atoms. The molecule has 1 aliphatic rings. The van der Waals surface area contributed by atoms with Gasteiger partial charge in [-0.25, -0.2) is 4.98 Å².